The van der Waals surface area contributed by atoms with Crippen molar-refractivity contribution in [2.45, 2.75) is 36.9 Å². The topological polar surface area (TPSA) is 0 Å². The molecule has 2 saturated carbocycles. The average Bonchev–Trinajstić information content (AvgIpc) is 2.46. The van der Waals surface area contributed by atoms with Crippen LogP contribution in [0.4, 0.5) is 0 Å². The van der Waals surface area contributed by atoms with Gasteiger partial charge in [-0.25, -0.2) is 0 Å². The van der Waals surface area contributed by atoms with Crippen LogP contribution >= 0.6 is 15.9 Å². The highest BCUT2D eigenvalue weighted by Crippen LogP contribution is 2.80. The van der Waals surface area contributed by atoms with E-state index in [9.17, 15) is 0 Å². The molecule has 0 aromatic carbocycles. The minimum absolute atomic E-state index is 0.551. The van der Waals surface area contributed by atoms with E-state index in [-0.39, 0.29) is 0 Å². The summed E-state index contributed by atoms with van der Waals surface area (Å²) >= 11 is 3.98. The van der Waals surface area contributed by atoms with Gasteiger partial charge in [-0.05, 0) is 36.5 Å². The SMILES string of the molecule is CCCC12CC1(Br)C1C=CC2C1. The van der Waals surface area contributed by atoms with Gasteiger partial charge in [0.1, 0.15) is 0 Å². The van der Waals surface area contributed by atoms with Crippen molar-refractivity contribution in [2.24, 2.45) is 17.3 Å². The quantitative estimate of drug-likeness (QED) is 0.500. The Morgan fingerprint density at radius 1 is 1.42 bits per heavy atom. The highest BCUT2D eigenvalue weighted by Gasteiger charge is 2.76. The van der Waals surface area contributed by atoms with Gasteiger partial charge in [-0.1, -0.05) is 41.4 Å². The molecule has 66 valence electrons. The van der Waals surface area contributed by atoms with Crippen molar-refractivity contribution < 1.29 is 0 Å². The predicted octanol–water partition coefficient (Wildman–Crippen LogP) is 3.52. The maximum Gasteiger partial charge on any atom is 0.0388 e. The van der Waals surface area contributed by atoms with Crippen LogP contribution in [0.1, 0.15) is 32.6 Å². The van der Waals surface area contributed by atoms with Crippen LogP contribution in [0.3, 0.4) is 0 Å². The molecule has 0 aliphatic heterocycles. The zero-order chi connectivity index (χ0) is 8.40. The maximum absolute atomic E-state index is 3.98. The largest absolute Gasteiger partial charge is 0.0845 e. The number of fused-ring (bicyclic) bond motifs is 5. The highest BCUT2D eigenvalue weighted by molar-refractivity contribution is 9.10. The Balaban J connectivity index is 1.96. The van der Waals surface area contributed by atoms with E-state index < -0.39 is 0 Å². The van der Waals surface area contributed by atoms with E-state index in [1.165, 1.54) is 25.7 Å². The molecule has 2 bridgehead atoms. The number of hydrogen-bond acceptors (Lipinski definition) is 0. The summed E-state index contributed by atoms with van der Waals surface area (Å²) in [6, 6.07) is 0. The van der Waals surface area contributed by atoms with Crippen LogP contribution in [0.15, 0.2) is 12.2 Å². The third kappa shape index (κ3) is 0.595. The molecule has 3 aliphatic rings. The van der Waals surface area contributed by atoms with Gasteiger partial charge < -0.3 is 0 Å². The molecule has 0 spiro atoms. The van der Waals surface area contributed by atoms with Gasteiger partial charge >= 0.3 is 0 Å². The molecule has 4 atom stereocenters. The smallest absolute Gasteiger partial charge is 0.0388 e. The number of rotatable bonds is 2. The molecule has 0 nitrogen and oxygen atoms in total. The Bertz CT molecular complexity index is 258. The zero-order valence-electron chi connectivity index (χ0n) is 7.52. The minimum Gasteiger partial charge on any atom is -0.0845 e. The molecule has 3 rings (SSSR count). The summed E-state index contributed by atoms with van der Waals surface area (Å²) in [5.41, 5.74) is 0.696. The van der Waals surface area contributed by atoms with Gasteiger partial charge in [0.25, 0.3) is 0 Å². The molecular weight excluding hydrogens is 212 g/mol. The van der Waals surface area contributed by atoms with Crippen molar-refractivity contribution >= 4 is 15.9 Å². The summed E-state index contributed by atoms with van der Waals surface area (Å²) < 4.78 is 0.551. The van der Waals surface area contributed by atoms with Crippen molar-refractivity contribution in [3.05, 3.63) is 12.2 Å². The Morgan fingerprint density at radius 2 is 2.17 bits per heavy atom. The molecule has 2 fully saturated rings. The molecule has 0 saturated heterocycles. The van der Waals surface area contributed by atoms with E-state index >= 15 is 0 Å². The van der Waals surface area contributed by atoms with Gasteiger partial charge in [-0.3, -0.25) is 0 Å². The van der Waals surface area contributed by atoms with Crippen molar-refractivity contribution in [3.8, 4) is 0 Å². The first-order valence-corrected chi connectivity index (χ1v) is 5.89. The van der Waals surface area contributed by atoms with Crippen LogP contribution in [-0.2, 0) is 0 Å². The summed E-state index contributed by atoms with van der Waals surface area (Å²) in [4.78, 5) is 0. The number of hydrogen-bond donors (Lipinski definition) is 0. The van der Waals surface area contributed by atoms with E-state index in [1.807, 2.05) is 0 Å². The monoisotopic (exact) mass is 226 g/mol. The number of allylic oxidation sites excluding steroid dienone is 2. The second-order valence-electron chi connectivity index (χ2n) is 4.78. The Labute approximate surface area is 82.5 Å². The van der Waals surface area contributed by atoms with Crippen molar-refractivity contribution in [1.82, 2.24) is 0 Å². The summed E-state index contributed by atoms with van der Waals surface area (Å²) in [6.07, 6.45) is 10.6. The third-order valence-electron chi connectivity index (χ3n) is 4.35. The van der Waals surface area contributed by atoms with E-state index in [2.05, 4.69) is 35.0 Å². The van der Waals surface area contributed by atoms with E-state index in [0.29, 0.717) is 9.74 Å². The Morgan fingerprint density at radius 3 is 2.75 bits per heavy atom. The van der Waals surface area contributed by atoms with Crippen LogP contribution in [0.5, 0.6) is 0 Å². The summed E-state index contributed by atoms with van der Waals surface area (Å²) in [6.45, 7) is 2.32. The van der Waals surface area contributed by atoms with Gasteiger partial charge in [0.05, 0.1) is 0 Å². The molecule has 4 unspecified atom stereocenters. The van der Waals surface area contributed by atoms with Gasteiger partial charge in [0.2, 0.25) is 0 Å². The first-order chi connectivity index (χ1) is 5.73. The lowest BCUT2D eigenvalue weighted by Crippen LogP contribution is -2.18. The molecule has 1 heteroatoms. The standard InChI is InChI=1S/C11H15Br/c1-2-5-10-7-11(10,12)9-4-3-8(10)6-9/h3-4,8-9H,2,5-7H2,1H3. The van der Waals surface area contributed by atoms with E-state index in [0.717, 1.165) is 11.8 Å². The van der Waals surface area contributed by atoms with E-state index in [1.54, 1.807) is 0 Å². The molecule has 0 N–H and O–H groups in total. The molecular formula is C11H15Br. The normalized spacial score (nSPS) is 59.2. The highest BCUT2D eigenvalue weighted by atomic mass is 79.9. The first kappa shape index (κ1) is 7.61. The number of halogens is 1. The van der Waals surface area contributed by atoms with Gasteiger partial charge in [-0.2, -0.15) is 0 Å². The lowest BCUT2D eigenvalue weighted by atomic mass is 9.86. The van der Waals surface area contributed by atoms with Crippen LogP contribution in [0.25, 0.3) is 0 Å². The lowest BCUT2D eigenvalue weighted by molar-refractivity contribution is 0.367. The van der Waals surface area contributed by atoms with Crippen LogP contribution in [0.2, 0.25) is 0 Å². The van der Waals surface area contributed by atoms with Crippen molar-refractivity contribution in [1.29, 1.82) is 0 Å². The van der Waals surface area contributed by atoms with Crippen molar-refractivity contribution in [3.63, 3.8) is 0 Å². The third-order valence-corrected chi connectivity index (χ3v) is 6.01. The number of alkyl halides is 1. The molecule has 12 heavy (non-hydrogen) atoms. The average molecular weight is 227 g/mol. The van der Waals surface area contributed by atoms with Crippen LogP contribution in [-0.4, -0.2) is 4.32 Å². The lowest BCUT2D eigenvalue weighted by Gasteiger charge is -2.22. The molecule has 0 amide bonds. The van der Waals surface area contributed by atoms with Crippen LogP contribution < -0.4 is 0 Å². The fourth-order valence-electron chi connectivity index (χ4n) is 3.73. The molecule has 0 radical (unpaired) electrons. The second-order valence-corrected chi connectivity index (χ2v) is 6.19. The van der Waals surface area contributed by atoms with Gasteiger partial charge in [0.15, 0.2) is 0 Å². The zero-order valence-corrected chi connectivity index (χ0v) is 9.10. The fraction of sp³-hybridized carbons (Fsp3) is 0.818. The predicted molar refractivity (Wildman–Crippen MR) is 54.4 cm³/mol. The molecule has 0 aromatic heterocycles. The molecule has 0 aromatic rings. The fourth-order valence-corrected chi connectivity index (χ4v) is 5.06. The Kier molecular flexibility index (Phi) is 1.27. The minimum atomic E-state index is 0.551. The maximum atomic E-state index is 3.98. The van der Waals surface area contributed by atoms with Crippen LogP contribution in [0, 0.1) is 17.3 Å². The molecule has 0 heterocycles. The first-order valence-electron chi connectivity index (χ1n) is 5.10. The summed E-state index contributed by atoms with van der Waals surface area (Å²) in [5, 5.41) is 0. The summed E-state index contributed by atoms with van der Waals surface area (Å²) in [5.74, 6) is 1.79. The van der Waals surface area contributed by atoms with E-state index in [4.69, 9.17) is 0 Å². The van der Waals surface area contributed by atoms with Gasteiger partial charge in [-0.15, -0.1) is 0 Å². The van der Waals surface area contributed by atoms with Gasteiger partial charge in [0, 0.05) is 4.32 Å². The molecule has 3 aliphatic carbocycles. The second kappa shape index (κ2) is 2.00. The Hall–Kier alpha value is 0.220. The van der Waals surface area contributed by atoms with Crippen molar-refractivity contribution in [2.75, 3.05) is 0 Å². The summed E-state index contributed by atoms with van der Waals surface area (Å²) in [7, 11) is 0.